The minimum absolute atomic E-state index is 0.0237. The van der Waals surface area contributed by atoms with Gasteiger partial charge in [-0.2, -0.15) is 13.9 Å². The van der Waals surface area contributed by atoms with Gasteiger partial charge in [0.2, 0.25) is 15.9 Å². The number of halogens is 7. The lowest BCUT2D eigenvalue weighted by atomic mass is 9.93. The smallest absolute Gasteiger partial charge is 0.292 e. The Balaban J connectivity index is 1.51. The first-order chi connectivity index (χ1) is 26.0. The minimum atomic E-state index is -3.83. The number of rotatable bonds is 10. The molecule has 2 fully saturated rings. The number of aliphatic imine (C=N–C) groups is 1. The van der Waals surface area contributed by atoms with E-state index in [0.29, 0.717) is 17.1 Å². The topological polar surface area (TPSA) is 165 Å². The Morgan fingerprint density at radius 1 is 1.16 bits per heavy atom. The molecular weight excluding hydrogens is 788 g/mol. The maximum absolute atomic E-state index is 15.2. The maximum Gasteiger partial charge on any atom is 0.292 e. The van der Waals surface area contributed by atoms with Crippen LogP contribution in [0.4, 0.5) is 32.2 Å². The van der Waals surface area contributed by atoms with Crippen LogP contribution in [0.3, 0.4) is 0 Å². The molecule has 2 aromatic carbocycles. The van der Waals surface area contributed by atoms with Crippen molar-refractivity contribution in [1.82, 2.24) is 20.1 Å². The molecule has 0 saturated heterocycles. The molecule has 56 heavy (non-hydrogen) atoms. The number of hydrogen-bond donors (Lipinski definition) is 4. The number of aromatic nitrogens is 3. The molecule has 5 N–H and O–H groups in total. The third-order valence-corrected chi connectivity index (χ3v) is 9.96. The number of allylic oxidation sites excluding steroid dienone is 2. The average molecular weight is 822 g/mol. The standard InChI is InChI=1S/C37H34ClF6N7O4S/c1-36(2,53)10-9-20-5-6-21(22-7-8-25(38)29-32(22)51(3)49-35(29)50-56(4,54)55)31(47-20)26(13-17-11-18(39)14-19(40)12-17)48-27(52)16-46-33-28(30(45)34(41)42)23-15-24(23)37(33,43)44/h5-8,11-12,14,23-24,26,34,53H,13,15-16,45H2,1-4H3,(H,48,52)(H,49,50). The monoisotopic (exact) mass is 821 g/mol. The summed E-state index contributed by atoms with van der Waals surface area (Å²) < 4.78 is 115. The van der Waals surface area contributed by atoms with Gasteiger partial charge in [0.15, 0.2) is 5.82 Å². The van der Waals surface area contributed by atoms with Gasteiger partial charge >= 0.3 is 0 Å². The number of nitrogens with zero attached hydrogens (tertiary/aromatic N) is 4. The van der Waals surface area contributed by atoms with Crippen LogP contribution in [0.15, 0.2) is 58.7 Å². The first-order valence-corrected chi connectivity index (χ1v) is 19.2. The number of fused-ring (bicyclic) bond motifs is 2. The number of aliphatic hydroxyl groups is 1. The van der Waals surface area contributed by atoms with E-state index in [0.717, 1.165) is 18.4 Å². The lowest BCUT2D eigenvalue weighted by molar-refractivity contribution is -0.120. The van der Waals surface area contributed by atoms with Crippen LogP contribution in [-0.2, 0) is 28.3 Å². The second-order valence-electron chi connectivity index (χ2n) is 14.1. The van der Waals surface area contributed by atoms with E-state index in [1.165, 1.54) is 37.7 Å². The van der Waals surface area contributed by atoms with Crippen molar-refractivity contribution in [2.75, 3.05) is 17.5 Å². The van der Waals surface area contributed by atoms with Crippen molar-refractivity contribution in [2.24, 2.45) is 29.6 Å². The highest BCUT2D eigenvalue weighted by molar-refractivity contribution is 7.92. The van der Waals surface area contributed by atoms with Gasteiger partial charge in [-0.1, -0.05) is 23.6 Å². The largest absolute Gasteiger partial charge is 0.397 e. The van der Waals surface area contributed by atoms with Gasteiger partial charge in [-0.25, -0.2) is 31.0 Å². The van der Waals surface area contributed by atoms with Crippen molar-refractivity contribution in [3.63, 3.8) is 0 Å². The van der Waals surface area contributed by atoms with Crippen molar-refractivity contribution in [2.45, 2.75) is 50.7 Å². The summed E-state index contributed by atoms with van der Waals surface area (Å²) in [7, 11) is -2.31. The van der Waals surface area contributed by atoms with Gasteiger partial charge in [0, 0.05) is 35.7 Å². The molecule has 2 heterocycles. The molecule has 1 amide bonds. The molecule has 296 valence electrons. The van der Waals surface area contributed by atoms with Crippen molar-refractivity contribution < 1.29 is 44.7 Å². The van der Waals surface area contributed by atoms with Crippen molar-refractivity contribution in [3.05, 3.63) is 87.3 Å². The molecule has 2 saturated carbocycles. The van der Waals surface area contributed by atoms with E-state index in [4.69, 9.17) is 17.3 Å². The van der Waals surface area contributed by atoms with Gasteiger partial charge in [-0.15, -0.1) is 0 Å². The molecule has 6 rings (SSSR count). The zero-order valence-electron chi connectivity index (χ0n) is 30.1. The van der Waals surface area contributed by atoms with E-state index < -0.39 is 86.9 Å². The zero-order valence-corrected chi connectivity index (χ0v) is 31.6. The zero-order chi connectivity index (χ0) is 41.1. The number of aryl methyl sites for hydroxylation is 1. The van der Waals surface area contributed by atoms with Gasteiger partial charge in [-0.05, 0) is 74.4 Å². The van der Waals surface area contributed by atoms with Gasteiger partial charge < -0.3 is 16.2 Å². The summed E-state index contributed by atoms with van der Waals surface area (Å²) in [5.74, 6) is -3.41. The average Bonchev–Trinajstić information content (AvgIpc) is 3.76. The Morgan fingerprint density at radius 2 is 1.82 bits per heavy atom. The van der Waals surface area contributed by atoms with Gasteiger partial charge in [0.05, 0.1) is 39.6 Å². The van der Waals surface area contributed by atoms with Crippen LogP contribution in [0.5, 0.6) is 0 Å². The number of sulfonamides is 1. The van der Waals surface area contributed by atoms with E-state index in [2.05, 4.69) is 37.0 Å². The highest BCUT2D eigenvalue weighted by Gasteiger charge is 2.67. The highest BCUT2D eigenvalue weighted by Crippen LogP contribution is 2.62. The number of carbonyl (C=O) groups is 1. The van der Waals surface area contributed by atoms with Gasteiger partial charge in [0.25, 0.3) is 12.3 Å². The third kappa shape index (κ3) is 8.49. The number of benzene rings is 2. The SMILES string of the molecule is Cn1nc(NS(C)(=O)=O)c2c(Cl)ccc(-c3ccc(C#CC(C)(C)O)nc3C(Cc3cc(F)cc(F)c3)NC(=O)CN=C3C(=C(N)C(F)F)C4CC4C3(F)F)c21. The summed E-state index contributed by atoms with van der Waals surface area (Å²) in [6.07, 6.45) is -2.71. The normalized spacial score (nSPS) is 19.8. The molecule has 0 spiro atoms. The first kappa shape index (κ1) is 40.5. The number of pyridine rings is 1. The highest BCUT2D eigenvalue weighted by atomic mass is 35.5. The molecule has 19 heteroatoms. The third-order valence-electron chi connectivity index (χ3n) is 9.08. The summed E-state index contributed by atoms with van der Waals surface area (Å²) in [6, 6.07) is 7.44. The Morgan fingerprint density at radius 3 is 2.45 bits per heavy atom. The second kappa shape index (κ2) is 14.8. The molecule has 0 bridgehead atoms. The van der Waals surface area contributed by atoms with Gasteiger partial charge in [0.1, 0.15) is 35.2 Å². The fraction of sp³-hybridized carbons (Fsp3) is 0.351. The Labute approximate surface area is 322 Å². The molecule has 2 aliphatic carbocycles. The van der Waals surface area contributed by atoms with E-state index in [1.807, 2.05) is 0 Å². The van der Waals surface area contributed by atoms with E-state index >= 15 is 8.78 Å². The van der Waals surface area contributed by atoms with Crippen LogP contribution in [-0.4, -0.2) is 70.7 Å². The summed E-state index contributed by atoms with van der Waals surface area (Å²) in [4.78, 5) is 22.1. The number of amides is 1. The fourth-order valence-electron chi connectivity index (χ4n) is 6.77. The summed E-state index contributed by atoms with van der Waals surface area (Å²) in [5, 5.41) is 17.5. The lowest BCUT2D eigenvalue weighted by Gasteiger charge is -2.23. The van der Waals surface area contributed by atoms with Crippen LogP contribution in [0.25, 0.3) is 22.0 Å². The Bertz CT molecular complexity index is 2490. The summed E-state index contributed by atoms with van der Waals surface area (Å²) in [5.41, 5.74) is 2.58. The Hall–Kier alpha value is -5.12. The van der Waals surface area contributed by atoms with E-state index in [1.54, 1.807) is 12.1 Å². The first-order valence-electron chi connectivity index (χ1n) is 16.9. The predicted molar refractivity (Wildman–Crippen MR) is 198 cm³/mol. The lowest BCUT2D eigenvalue weighted by Crippen LogP contribution is -2.35. The molecule has 11 nitrogen and oxygen atoms in total. The van der Waals surface area contributed by atoms with Crippen LogP contribution in [0.2, 0.25) is 5.02 Å². The van der Waals surface area contributed by atoms with E-state index in [9.17, 15) is 35.9 Å². The van der Waals surface area contributed by atoms with E-state index in [-0.39, 0.29) is 51.6 Å². The molecule has 3 atom stereocenters. The predicted octanol–water partition coefficient (Wildman–Crippen LogP) is 5.66. The minimum Gasteiger partial charge on any atom is -0.397 e. The van der Waals surface area contributed by atoms with Crippen molar-refractivity contribution in [3.8, 4) is 23.0 Å². The number of hydrogen-bond acceptors (Lipinski definition) is 8. The maximum atomic E-state index is 15.2. The Kier molecular flexibility index (Phi) is 10.7. The second-order valence-corrected chi connectivity index (χ2v) is 16.3. The molecule has 0 radical (unpaired) electrons. The summed E-state index contributed by atoms with van der Waals surface area (Å²) in [6.45, 7) is 1.89. The molecular formula is C37H34ClF6N7O4S. The summed E-state index contributed by atoms with van der Waals surface area (Å²) >= 11 is 6.56. The molecule has 2 aromatic heterocycles. The van der Waals surface area contributed by atoms with Gasteiger partial charge in [-0.3, -0.25) is 19.2 Å². The van der Waals surface area contributed by atoms with Crippen LogP contribution in [0, 0.1) is 35.3 Å². The number of alkyl halides is 4. The number of carbonyl (C=O) groups excluding carboxylic acids is 1. The van der Waals surface area contributed by atoms with Crippen molar-refractivity contribution in [1.29, 1.82) is 0 Å². The number of nitrogens with one attached hydrogen (secondary N) is 2. The molecule has 0 aliphatic heterocycles. The van der Waals surface area contributed by atoms with Crippen LogP contribution < -0.4 is 15.8 Å². The number of anilines is 1. The van der Waals surface area contributed by atoms with Crippen LogP contribution >= 0.6 is 11.6 Å². The molecule has 3 unspecified atom stereocenters. The molecule has 2 aliphatic rings. The quantitative estimate of drug-likeness (QED) is 0.118. The fourth-order valence-corrected chi connectivity index (χ4v) is 7.51. The van der Waals surface area contributed by atoms with Crippen LogP contribution in [0.1, 0.15) is 43.3 Å². The molecule has 4 aromatic rings. The number of nitrogens with two attached hydrogens (primary N) is 1. The van der Waals surface area contributed by atoms with Crippen molar-refractivity contribution >= 4 is 50.0 Å².